The second-order valence-corrected chi connectivity index (χ2v) is 8.75. The Bertz CT molecular complexity index is 931. The van der Waals surface area contributed by atoms with E-state index in [0.717, 1.165) is 31.4 Å². The van der Waals surface area contributed by atoms with Crippen molar-refractivity contribution in [2.45, 2.75) is 45.1 Å². The van der Waals surface area contributed by atoms with Gasteiger partial charge in [-0.05, 0) is 86.9 Å². The molecule has 31 heavy (non-hydrogen) atoms. The van der Waals surface area contributed by atoms with Crippen molar-refractivity contribution in [2.75, 3.05) is 13.2 Å². The number of benzene rings is 2. The number of nitrogens with one attached hydrogen (secondary N) is 1. The summed E-state index contributed by atoms with van der Waals surface area (Å²) in [5.74, 6) is -2.90. The summed E-state index contributed by atoms with van der Waals surface area (Å²) >= 11 is 0. The lowest BCUT2D eigenvalue weighted by atomic mass is 9.88. The third-order valence-electron chi connectivity index (χ3n) is 5.55. The molecule has 2 N–H and O–H groups in total. The molecule has 0 saturated carbocycles. The number of carbonyl (C=O) groups is 1. The highest BCUT2D eigenvalue weighted by atomic mass is 19.2. The molecule has 0 fully saturated rings. The van der Waals surface area contributed by atoms with Crippen molar-refractivity contribution in [1.29, 1.82) is 0 Å². The smallest absolute Gasteiger partial charge is 0.328 e. The molecule has 0 radical (unpaired) electrons. The number of ether oxygens (including phenoxy) is 1. The molecule has 2 aromatic rings. The van der Waals surface area contributed by atoms with Crippen LogP contribution in [0.1, 0.15) is 43.4 Å². The Morgan fingerprint density at radius 1 is 1.23 bits per heavy atom. The van der Waals surface area contributed by atoms with Gasteiger partial charge in [-0.3, -0.25) is 0 Å². The maximum Gasteiger partial charge on any atom is 0.328 e. The van der Waals surface area contributed by atoms with E-state index in [4.69, 9.17) is 9.84 Å². The third-order valence-corrected chi connectivity index (χ3v) is 5.55. The zero-order valence-corrected chi connectivity index (χ0v) is 18.0. The Morgan fingerprint density at radius 3 is 2.55 bits per heavy atom. The molecule has 4 nitrogen and oxygen atoms in total. The van der Waals surface area contributed by atoms with E-state index in [9.17, 15) is 13.6 Å². The predicted octanol–water partition coefficient (Wildman–Crippen LogP) is 5.00. The monoisotopic (exact) mass is 429 g/mol. The van der Waals surface area contributed by atoms with Crippen LogP contribution in [0.5, 0.6) is 5.75 Å². The molecule has 0 aliphatic heterocycles. The largest absolute Gasteiger partial charge is 0.490 e. The SMILES string of the molecule is CC(C)(CC1Cc2ccccc2C1)NCCCOc1cc(/C=C/C(=O)O)cc(F)c1F. The van der Waals surface area contributed by atoms with E-state index in [-0.39, 0.29) is 23.5 Å². The standard InChI is InChI=1S/C25H29F2NO3/c1-25(2,16-18-12-19-6-3-4-7-20(19)13-18)28-10-5-11-31-22-15-17(8-9-23(29)30)14-21(26)24(22)27/h3-4,6-9,14-15,18,28H,5,10-13,16H2,1-2H3,(H,29,30)/b9-8+. The summed E-state index contributed by atoms with van der Waals surface area (Å²) in [5.41, 5.74) is 3.09. The highest BCUT2D eigenvalue weighted by Crippen LogP contribution is 2.31. The first-order chi connectivity index (χ1) is 14.7. The van der Waals surface area contributed by atoms with Crippen molar-refractivity contribution in [2.24, 2.45) is 5.92 Å². The molecule has 1 aliphatic rings. The van der Waals surface area contributed by atoms with Crippen LogP contribution in [-0.4, -0.2) is 29.8 Å². The van der Waals surface area contributed by atoms with E-state index in [2.05, 4.69) is 43.4 Å². The second kappa shape index (κ2) is 10.1. The number of halogens is 2. The summed E-state index contributed by atoms with van der Waals surface area (Å²) in [6.45, 7) is 5.28. The molecule has 0 unspecified atom stereocenters. The van der Waals surface area contributed by atoms with Gasteiger partial charge in [0.2, 0.25) is 5.82 Å². The van der Waals surface area contributed by atoms with Gasteiger partial charge in [0.05, 0.1) is 6.61 Å². The number of hydrogen-bond acceptors (Lipinski definition) is 3. The summed E-state index contributed by atoms with van der Waals surface area (Å²) in [6.07, 6.45) is 5.98. The molecule has 166 valence electrons. The Kier molecular flexibility index (Phi) is 7.44. The molecule has 3 rings (SSSR count). The van der Waals surface area contributed by atoms with Gasteiger partial charge in [0.15, 0.2) is 11.6 Å². The normalized spacial score (nSPS) is 14.2. The van der Waals surface area contributed by atoms with Crippen molar-refractivity contribution in [3.63, 3.8) is 0 Å². The van der Waals surface area contributed by atoms with Crippen LogP contribution in [0, 0.1) is 17.6 Å². The van der Waals surface area contributed by atoms with Gasteiger partial charge in [-0.1, -0.05) is 24.3 Å². The van der Waals surface area contributed by atoms with Crippen LogP contribution in [0.4, 0.5) is 8.78 Å². The molecule has 6 heteroatoms. The van der Waals surface area contributed by atoms with Crippen LogP contribution in [0.15, 0.2) is 42.5 Å². The Balaban J connectivity index is 1.44. The van der Waals surface area contributed by atoms with Gasteiger partial charge >= 0.3 is 5.97 Å². The molecule has 0 atom stereocenters. The maximum absolute atomic E-state index is 14.0. The minimum atomic E-state index is -1.16. The topological polar surface area (TPSA) is 58.6 Å². The Morgan fingerprint density at radius 2 is 1.90 bits per heavy atom. The number of carboxylic acid groups (broad SMARTS) is 1. The van der Waals surface area contributed by atoms with Crippen LogP contribution in [0.2, 0.25) is 0 Å². The first-order valence-electron chi connectivity index (χ1n) is 10.6. The summed E-state index contributed by atoms with van der Waals surface area (Å²) in [5, 5.41) is 12.2. The summed E-state index contributed by atoms with van der Waals surface area (Å²) < 4.78 is 33.1. The van der Waals surface area contributed by atoms with Crippen LogP contribution in [0.25, 0.3) is 6.08 Å². The van der Waals surface area contributed by atoms with E-state index in [1.54, 1.807) is 0 Å². The van der Waals surface area contributed by atoms with Gasteiger partial charge in [0.1, 0.15) is 0 Å². The van der Waals surface area contributed by atoms with Crippen molar-refractivity contribution in [3.8, 4) is 5.75 Å². The van der Waals surface area contributed by atoms with Crippen molar-refractivity contribution in [3.05, 3.63) is 70.8 Å². The predicted molar refractivity (Wildman–Crippen MR) is 117 cm³/mol. The zero-order chi connectivity index (χ0) is 22.4. The molecule has 0 amide bonds. The van der Waals surface area contributed by atoms with E-state index in [1.165, 1.54) is 23.3 Å². The van der Waals surface area contributed by atoms with Crippen LogP contribution >= 0.6 is 0 Å². The average Bonchev–Trinajstić information content (AvgIpc) is 3.10. The second-order valence-electron chi connectivity index (χ2n) is 8.75. The van der Waals surface area contributed by atoms with E-state index >= 15 is 0 Å². The van der Waals surface area contributed by atoms with E-state index < -0.39 is 17.6 Å². The van der Waals surface area contributed by atoms with Gasteiger partial charge in [0.25, 0.3) is 0 Å². The fraction of sp³-hybridized carbons (Fsp3) is 0.400. The van der Waals surface area contributed by atoms with Gasteiger partial charge < -0.3 is 15.2 Å². The number of hydrogen-bond donors (Lipinski definition) is 2. The number of carboxylic acids is 1. The molecule has 0 heterocycles. The highest BCUT2D eigenvalue weighted by Gasteiger charge is 2.27. The molecule has 1 aliphatic carbocycles. The van der Waals surface area contributed by atoms with E-state index in [1.807, 2.05) is 0 Å². The lowest BCUT2D eigenvalue weighted by Crippen LogP contribution is -2.42. The molecular weight excluding hydrogens is 400 g/mol. The van der Waals surface area contributed by atoms with Crippen molar-refractivity contribution < 1.29 is 23.4 Å². The first-order valence-corrected chi connectivity index (χ1v) is 10.6. The minimum Gasteiger partial charge on any atom is -0.490 e. The third kappa shape index (κ3) is 6.62. The highest BCUT2D eigenvalue weighted by molar-refractivity contribution is 5.85. The van der Waals surface area contributed by atoms with Gasteiger partial charge in [-0.25, -0.2) is 9.18 Å². The Hall–Kier alpha value is -2.73. The molecule has 0 saturated heterocycles. The molecule has 0 bridgehead atoms. The number of aliphatic carboxylic acids is 1. The lowest BCUT2D eigenvalue weighted by Gasteiger charge is -2.29. The first kappa shape index (κ1) is 22.9. The van der Waals surface area contributed by atoms with Gasteiger partial charge in [-0.2, -0.15) is 4.39 Å². The van der Waals surface area contributed by atoms with Crippen LogP contribution in [-0.2, 0) is 17.6 Å². The summed E-state index contributed by atoms with van der Waals surface area (Å²) in [7, 11) is 0. The zero-order valence-electron chi connectivity index (χ0n) is 18.0. The fourth-order valence-corrected chi connectivity index (χ4v) is 4.22. The molecular formula is C25H29F2NO3. The maximum atomic E-state index is 14.0. The lowest BCUT2D eigenvalue weighted by molar-refractivity contribution is -0.131. The molecule has 2 aromatic carbocycles. The fourth-order valence-electron chi connectivity index (χ4n) is 4.22. The van der Waals surface area contributed by atoms with Crippen molar-refractivity contribution in [1.82, 2.24) is 5.32 Å². The summed E-state index contributed by atoms with van der Waals surface area (Å²) in [6, 6.07) is 10.8. The van der Waals surface area contributed by atoms with E-state index in [0.29, 0.717) is 18.9 Å². The van der Waals surface area contributed by atoms with Crippen LogP contribution < -0.4 is 10.1 Å². The summed E-state index contributed by atoms with van der Waals surface area (Å²) in [4.78, 5) is 10.6. The molecule has 0 aromatic heterocycles. The van der Waals surface area contributed by atoms with Crippen molar-refractivity contribution >= 4 is 12.0 Å². The van der Waals surface area contributed by atoms with Gasteiger partial charge in [0, 0.05) is 11.6 Å². The average molecular weight is 430 g/mol. The quantitative estimate of drug-likeness (QED) is 0.412. The minimum absolute atomic E-state index is 0.0361. The number of rotatable bonds is 10. The van der Waals surface area contributed by atoms with Crippen LogP contribution in [0.3, 0.4) is 0 Å². The molecule has 0 spiro atoms. The van der Waals surface area contributed by atoms with Gasteiger partial charge in [-0.15, -0.1) is 0 Å². The number of fused-ring (bicyclic) bond motifs is 1. The Labute approximate surface area is 181 Å².